The first-order chi connectivity index (χ1) is 13.0. The van der Waals surface area contributed by atoms with Crippen LogP contribution in [0.15, 0.2) is 0 Å². The lowest BCUT2D eigenvalue weighted by molar-refractivity contribution is -0.130. The Morgan fingerprint density at radius 1 is 1.30 bits per heavy atom. The number of likely N-dealkylation sites (tertiary alicyclic amines) is 1. The van der Waals surface area contributed by atoms with Crippen LogP contribution in [0.5, 0.6) is 0 Å². The van der Waals surface area contributed by atoms with Crippen molar-refractivity contribution in [3.63, 3.8) is 0 Å². The first-order valence-electron chi connectivity index (χ1n) is 10.5. The molecule has 2 fully saturated rings. The third-order valence-corrected chi connectivity index (χ3v) is 7.03. The number of carbonyl (C=O) groups is 2. The zero-order valence-electron chi connectivity index (χ0n) is 17.0. The Bertz CT molecular complexity index is 534. The minimum atomic E-state index is 0.0124. The normalized spacial score (nSPS) is 20.0. The summed E-state index contributed by atoms with van der Waals surface area (Å²) in [4.78, 5) is 26.5. The van der Waals surface area contributed by atoms with Crippen LogP contribution in [0, 0.1) is 23.2 Å². The molecule has 152 valence electrons. The van der Waals surface area contributed by atoms with E-state index in [1.807, 2.05) is 4.90 Å². The van der Waals surface area contributed by atoms with E-state index in [1.54, 1.807) is 0 Å². The number of unbranched alkanes of at least 4 members (excludes halogenated alkanes) is 1. The number of hydrogen-bond donors (Lipinski definition) is 1. The number of piperidine rings is 1. The second kappa shape index (κ2) is 10.9. The van der Waals surface area contributed by atoms with Crippen LogP contribution >= 0.6 is 11.8 Å². The molecule has 5 nitrogen and oxygen atoms in total. The number of rotatable bonds is 11. The summed E-state index contributed by atoms with van der Waals surface area (Å²) in [6, 6.07) is 2.06. The zero-order valence-corrected chi connectivity index (χ0v) is 17.8. The highest BCUT2D eigenvalue weighted by molar-refractivity contribution is 8.00. The molecule has 0 aromatic carbocycles. The molecule has 0 spiro atoms. The van der Waals surface area contributed by atoms with Crippen molar-refractivity contribution >= 4 is 23.6 Å². The van der Waals surface area contributed by atoms with Crippen LogP contribution in [0.3, 0.4) is 0 Å². The van der Waals surface area contributed by atoms with Gasteiger partial charge in [-0.15, -0.1) is 11.8 Å². The monoisotopic (exact) mass is 393 g/mol. The summed E-state index contributed by atoms with van der Waals surface area (Å²) in [6.07, 6.45) is 9.32. The molecule has 1 saturated carbocycles. The van der Waals surface area contributed by atoms with Gasteiger partial charge in [0.15, 0.2) is 0 Å². The minimum Gasteiger partial charge on any atom is -0.350 e. The quantitative estimate of drug-likeness (QED) is 0.543. The van der Waals surface area contributed by atoms with Crippen LogP contribution in [-0.2, 0) is 9.59 Å². The van der Waals surface area contributed by atoms with Gasteiger partial charge in [-0.05, 0) is 43.9 Å². The van der Waals surface area contributed by atoms with Crippen LogP contribution in [0.4, 0.5) is 0 Å². The van der Waals surface area contributed by atoms with Gasteiger partial charge in [0.1, 0.15) is 0 Å². The maximum Gasteiger partial charge on any atom is 0.232 e. The van der Waals surface area contributed by atoms with Crippen molar-refractivity contribution in [3.05, 3.63) is 0 Å². The van der Waals surface area contributed by atoms with Crippen molar-refractivity contribution in [2.45, 2.75) is 77.2 Å². The Balaban J connectivity index is 1.67. The van der Waals surface area contributed by atoms with E-state index >= 15 is 0 Å². The highest BCUT2D eigenvalue weighted by atomic mass is 32.2. The predicted octanol–water partition coefficient (Wildman–Crippen LogP) is 3.74. The Hall–Kier alpha value is -1.22. The van der Waals surface area contributed by atoms with Gasteiger partial charge in [0, 0.05) is 25.0 Å². The maximum atomic E-state index is 12.4. The topological polar surface area (TPSA) is 73.2 Å². The first kappa shape index (κ1) is 22.1. The Kier molecular flexibility index (Phi) is 8.95. The van der Waals surface area contributed by atoms with Gasteiger partial charge in [0.25, 0.3) is 0 Å². The Morgan fingerprint density at radius 2 is 2.00 bits per heavy atom. The summed E-state index contributed by atoms with van der Waals surface area (Å²) in [5.74, 6) is 2.38. The van der Waals surface area contributed by atoms with Gasteiger partial charge in [-0.3, -0.25) is 9.59 Å². The van der Waals surface area contributed by atoms with Gasteiger partial charge in [-0.1, -0.05) is 33.1 Å². The Morgan fingerprint density at radius 3 is 2.59 bits per heavy atom. The van der Waals surface area contributed by atoms with Gasteiger partial charge in [0.05, 0.1) is 17.6 Å². The van der Waals surface area contributed by atoms with Crippen molar-refractivity contribution < 1.29 is 9.59 Å². The summed E-state index contributed by atoms with van der Waals surface area (Å²) >= 11 is 1.39. The molecule has 1 aliphatic heterocycles. The molecule has 0 bridgehead atoms. The van der Waals surface area contributed by atoms with Crippen LogP contribution in [0.2, 0.25) is 0 Å². The van der Waals surface area contributed by atoms with Crippen molar-refractivity contribution in [1.82, 2.24) is 10.2 Å². The summed E-state index contributed by atoms with van der Waals surface area (Å²) in [7, 11) is 0. The molecule has 1 saturated heterocycles. The molecular weight excluding hydrogens is 358 g/mol. The smallest absolute Gasteiger partial charge is 0.232 e. The number of thioether (sulfide) groups is 1. The summed E-state index contributed by atoms with van der Waals surface area (Å²) in [5.41, 5.74) is 0.0124. The van der Waals surface area contributed by atoms with Crippen molar-refractivity contribution in [2.24, 2.45) is 11.8 Å². The van der Waals surface area contributed by atoms with Crippen LogP contribution in [0.25, 0.3) is 0 Å². The average Bonchev–Trinajstić information content (AvgIpc) is 3.45. The summed E-state index contributed by atoms with van der Waals surface area (Å²) < 4.78 is 0. The summed E-state index contributed by atoms with van der Waals surface area (Å²) in [5, 5.41) is 11.9. The standard InChI is InChI=1S/C21H35N3O2S/c1-3-17(2)6-4-5-7-19(25)23-21(10-11-21)18-8-13-24(14-9-18)20(26)16-27-15-12-22/h17-18H,3-11,13-16H2,1-2H3,(H,23,25). The minimum absolute atomic E-state index is 0.0124. The molecule has 1 N–H and O–H groups in total. The molecule has 1 aliphatic carbocycles. The van der Waals surface area contributed by atoms with Crippen LogP contribution < -0.4 is 5.32 Å². The van der Waals surface area contributed by atoms with Gasteiger partial charge < -0.3 is 10.2 Å². The SMILES string of the molecule is CCC(C)CCCCC(=O)NC1(C2CCN(C(=O)CSCC#N)CC2)CC1. The van der Waals surface area contributed by atoms with E-state index in [-0.39, 0.29) is 17.4 Å². The van der Waals surface area contributed by atoms with E-state index in [4.69, 9.17) is 5.26 Å². The lowest BCUT2D eigenvalue weighted by atomic mass is 9.87. The molecule has 0 aromatic rings. The second-order valence-electron chi connectivity index (χ2n) is 8.27. The fourth-order valence-corrected chi connectivity index (χ4v) is 4.60. The molecule has 0 aromatic heterocycles. The van der Waals surface area contributed by atoms with E-state index in [9.17, 15) is 9.59 Å². The van der Waals surface area contributed by atoms with E-state index in [1.165, 1.54) is 24.6 Å². The van der Waals surface area contributed by atoms with E-state index in [0.29, 0.717) is 23.8 Å². The first-order valence-corrected chi connectivity index (χ1v) is 11.7. The number of nitriles is 1. The lowest BCUT2D eigenvalue weighted by Crippen LogP contribution is -2.48. The fraction of sp³-hybridized carbons (Fsp3) is 0.857. The highest BCUT2D eigenvalue weighted by Crippen LogP contribution is 2.46. The van der Waals surface area contributed by atoms with Gasteiger partial charge >= 0.3 is 0 Å². The zero-order chi connectivity index (χ0) is 19.7. The predicted molar refractivity (Wildman–Crippen MR) is 110 cm³/mol. The largest absolute Gasteiger partial charge is 0.350 e. The molecule has 6 heteroatoms. The summed E-state index contributed by atoms with van der Waals surface area (Å²) in [6.45, 7) is 6.06. The van der Waals surface area contributed by atoms with E-state index in [0.717, 1.165) is 57.5 Å². The van der Waals surface area contributed by atoms with E-state index in [2.05, 4.69) is 25.2 Å². The maximum absolute atomic E-state index is 12.4. The molecule has 2 rings (SSSR count). The molecule has 2 aliphatic rings. The van der Waals surface area contributed by atoms with Gasteiger partial charge in [-0.25, -0.2) is 0 Å². The molecule has 0 radical (unpaired) electrons. The number of nitrogens with one attached hydrogen (secondary N) is 1. The Labute approximate surface area is 168 Å². The average molecular weight is 394 g/mol. The number of amides is 2. The molecule has 1 heterocycles. The number of carbonyl (C=O) groups excluding carboxylic acids is 2. The van der Waals surface area contributed by atoms with Crippen LogP contribution in [-0.4, -0.2) is 46.8 Å². The van der Waals surface area contributed by atoms with Gasteiger partial charge in [-0.2, -0.15) is 5.26 Å². The number of nitrogens with zero attached hydrogens (tertiary/aromatic N) is 2. The number of hydrogen-bond acceptors (Lipinski definition) is 4. The second-order valence-corrected chi connectivity index (χ2v) is 9.26. The van der Waals surface area contributed by atoms with E-state index < -0.39 is 0 Å². The third kappa shape index (κ3) is 7.03. The van der Waals surface area contributed by atoms with Crippen molar-refractivity contribution in [3.8, 4) is 6.07 Å². The molecule has 27 heavy (non-hydrogen) atoms. The van der Waals surface area contributed by atoms with Gasteiger partial charge in [0.2, 0.25) is 11.8 Å². The van der Waals surface area contributed by atoms with Crippen LogP contribution in [0.1, 0.15) is 71.6 Å². The van der Waals surface area contributed by atoms with Crippen molar-refractivity contribution in [1.29, 1.82) is 5.26 Å². The molecule has 2 amide bonds. The third-order valence-electron chi connectivity index (χ3n) is 6.25. The molecule has 1 unspecified atom stereocenters. The van der Waals surface area contributed by atoms with Crippen molar-refractivity contribution in [2.75, 3.05) is 24.6 Å². The molecule has 1 atom stereocenters. The fourth-order valence-electron chi connectivity index (χ4n) is 4.05. The molecular formula is C21H35N3O2S. The highest BCUT2D eigenvalue weighted by Gasteiger charge is 2.50. The lowest BCUT2D eigenvalue weighted by Gasteiger charge is -2.37.